The Morgan fingerprint density at radius 1 is 1.37 bits per heavy atom. The fraction of sp³-hybridized carbons (Fsp3) is 0.562. The second-order valence-electron chi connectivity index (χ2n) is 5.67. The van der Waals surface area contributed by atoms with E-state index in [1.54, 1.807) is 0 Å². The SMILES string of the molecule is CCCCC(=O)C(C)(C)COc1cccc(N)c1C. The molecule has 2 N–H and O–H groups in total. The first-order valence-corrected chi connectivity index (χ1v) is 6.89. The molecule has 0 aliphatic rings. The topological polar surface area (TPSA) is 52.3 Å². The number of carbonyl (C=O) groups excluding carboxylic acids is 1. The van der Waals surface area contributed by atoms with E-state index in [-0.39, 0.29) is 5.78 Å². The van der Waals surface area contributed by atoms with Gasteiger partial charge in [0.1, 0.15) is 18.1 Å². The zero-order valence-electron chi connectivity index (χ0n) is 12.5. The third-order valence-corrected chi connectivity index (χ3v) is 3.43. The molecule has 0 atom stereocenters. The van der Waals surface area contributed by atoms with Gasteiger partial charge in [0, 0.05) is 17.7 Å². The Balaban J connectivity index is 2.64. The highest BCUT2D eigenvalue weighted by Gasteiger charge is 2.27. The van der Waals surface area contributed by atoms with Gasteiger partial charge in [-0.15, -0.1) is 0 Å². The van der Waals surface area contributed by atoms with Gasteiger partial charge < -0.3 is 10.5 Å². The highest BCUT2D eigenvalue weighted by molar-refractivity contribution is 5.84. The molecule has 0 fully saturated rings. The lowest BCUT2D eigenvalue weighted by Gasteiger charge is -2.24. The standard InChI is InChI=1S/C16H25NO2/c1-5-6-10-15(18)16(3,4)11-19-14-9-7-8-13(17)12(14)2/h7-9H,5-6,10-11,17H2,1-4H3. The molecule has 0 aromatic heterocycles. The molecule has 0 saturated heterocycles. The second kappa shape index (κ2) is 6.60. The number of unbranched alkanes of at least 4 members (excludes halogenated alkanes) is 1. The predicted molar refractivity (Wildman–Crippen MR) is 79.4 cm³/mol. The number of hydrogen-bond acceptors (Lipinski definition) is 3. The number of nitrogen functional groups attached to an aromatic ring is 1. The van der Waals surface area contributed by atoms with Crippen molar-refractivity contribution in [1.82, 2.24) is 0 Å². The number of ether oxygens (including phenoxy) is 1. The lowest BCUT2D eigenvalue weighted by molar-refractivity contribution is -0.128. The van der Waals surface area contributed by atoms with Crippen molar-refractivity contribution < 1.29 is 9.53 Å². The van der Waals surface area contributed by atoms with Crippen LogP contribution < -0.4 is 10.5 Å². The number of ketones is 1. The van der Waals surface area contributed by atoms with Crippen LogP contribution in [0.2, 0.25) is 0 Å². The molecular weight excluding hydrogens is 238 g/mol. The fourth-order valence-electron chi connectivity index (χ4n) is 1.80. The molecule has 0 unspecified atom stereocenters. The highest BCUT2D eigenvalue weighted by atomic mass is 16.5. The van der Waals surface area contributed by atoms with Crippen LogP contribution in [0.5, 0.6) is 5.75 Å². The van der Waals surface area contributed by atoms with Crippen molar-refractivity contribution >= 4 is 11.5 Å². The molecule has 0 radical (unpaired) electrons. The number of anilines is 1. The first kappa shape index (κ1) is 15.5. The van der Waals surface area contributed by atoms with Crippen molar-refractivity contribution in [2.45, 2.75) is 47.0 Å². The summed E-state index contributed by atoms with van der Waals surface area (Å²) in [5.74, 6) is 1.02. The fourth-order valence-corrected chi connectivity index (χ4v) is 1.80. The maximum absolute atomic E-state index is 12.1. The Morgan fingerprint density at radius 2 is 2.05 bits per heavy atom. The molecule has 1 aromatic rings. The van der Waals surface area contributed by atoms with Crippen molar-refractivity contribution in [2.24, 2.45) is 5.41 Å². The van der Waals surface area contributed by atoms with Crippen LogP contribution >= 0.6 is 0 Å². The Hall–Kier alpha value is -1.51. The van der Waals surface area contributed by atoms with E-state index in [1.807, 2.05) is 39.0 Å². The van der Waals surface area contributed by atoms with E-state index in [1.165, 1.54) is 0 Å². The molecule has 0 spiro atoms. The van der Waals surface area contributed by atoms with Crippen molar-refractivity contribution in [2.75, 3.05) is 12.3 Å². The quantitative estimate of drug-likeness (QED) is 0.762. The summed E-state index contributed by atoms with van der Waals surface area (Å²) in [5, 5.41) is 0. The Kier molecular flexibility index (Phi) is 5.40. The summed E-state index contributed by atoms with van der Waals surface area (Å²) in [7, 11) is 0. The Bertz CT molecular complexity index is 438. The zero-order valence-corrected chi connectivity index (χ0v) is 12.5. The number of rotatable bonds is 7. The second-order valence-corrected chi connectivity index (χ2v) is 5.67. The average molecular weight is 263 g/mol. The predicted octanol–water partition coefficient (Wildman–Crippen LogP) is 3.74. The smallest absolute Gasteiger partial charge is 0.141 e. The molecule has 19 heavy (non-hydrogen) atoms. The Morgan fingerprint density at radius 3 is 2.68 bits per heavy atom. The minimum absolute atomic E-state index is 0.260. The molecule has 0 amide bonds. The summed E-state index contributed by atoms with van der Waals surface area (Å²) in [6, 6.07) is 5.60. The first-order valence-electron chi connectivity index (χ1n) is 6.89. The van der Waals surface area contributed by atoms with Gasteiger partial charge in [-0.1, -0.05) is 19.4 Å². The van der Waals surface area contributed by atoms with Gasteiger partial charge >= 0.3 is 0 Å². The van der Waals surface area contributed by atoms with E-state index in [9.17, 15) is 4.79 Å². The monoisotopic (exact) mass is 263 g/mol. The maximum Gasteiger partial charge on any atom is 0.141 e. The van der Waals surface area contributed by atoms with E-state index in [0.29, 0.717) is 18.7 Å². The van der Waals surface area contributed by atoms with Gasteiger partial charge in [-0.2, -0.15) is 0 Å². The van der Waals surface area contributed by atoms with Crippen LogP contribution in [0.25, 0.3) is 0 Å². The van der Waals surface area contributed by atoms with Crippen molar-refractivity contribution in [3.05, 3.63) is 23.8 Å². The largest absolute Gasteiger partial charge is 0.492 e. The van der Waals surface area contributed by atoms with Gasteiger partial charge in [0.15, 0.2) is 0 Å². The van der Waals surface area contributed by atoms with E-state index in [0.717, 1.165) is 24.2 Å². The highest BCUT2D eigenvalue weighted by Crippen LogP contribution is 2.26. The summed E-state index contributed by atoms with van der Waals surface area (Å²) in [6.07, 6.45) is 2.61. The normalized spacial score (nSPS) is 11.4. The average Bonchev–Trinajstić information content (AvgIpc) is 2.37. The number of benzene rings is 1. The third kappa shape index (κ3) is 4.27. The molecule has 106 valence electrons. The molecule has 1 rings (SSSR count). The number of hydrogen-bond donors (Lipinski definition) is 1. The van der Waals surface area contributed by atoms with Crippen LogP contribution in [0.4, 0.5) is 5.69 Å². The summed E-state index contributed by atoms with van der Waals surface area (Å²) < 4.78 is 5.78. The molecule has 3 nitrogen and oxygen atoms in total. The summed E-state index contributed by atoms with van der Waals surface area (Å²) >= 11 is 0. The van der Waals surface area contributed by atoms with Crippen molar-refractivity contribution in [1.29, 1.82) is 0 Å². The molecule has 1 aromatic carbocycles. The molecule has 0 heterocycles. The Labute approximate surface area is 116 Å². The zero-order chi connectivity index (χ0) is 14.5. The van der Waals surface area contributed by atoms with Gasteiger partial charge in [-0.25, -0.2) is 0 Å². The van der Waals surface area contributed by atoms with Gasteiger partial charge in [0.05, 0.1) is 5.41 Å². The summed E-state index contributed by atoms with van der Waals surface area (Å²) in [4.78, 5) is 12.1. The van der Waals surface area contributed by atoms with Gasteiger partial charge in [-0.05, 0) is 39.3 Å². The minimum atomic E-state index is -0.452. The van der Waals surface area contributed by atoms with E-state index in [2.05, 4.69) is 6.92 Å². The number of Topliss-reactive ketones (excluding diaryl/α,β-unsaturated/α-hetero) is 1. The first-order chi connectivity index (χ1) is 8.88. The summed E-state index contributed by atoms with van der Waals surface area (Å²) in [6.45, 7) is 8.28. The van der Waals surface area contributed by atoms with Crippen LogP contribution in [-0.2, 0) is 4.79 Å². The molecule has 3 heteroatoms. The van der Waals surface area contributed by atoms with Crippen LogP contribution in [0.1, 0.15) is 45.6 Å². The van der Waals surface area contributed by atoms with E-state index in [4.69, 9.17) is 10.5 Å². The summed E-state index contributed by atoms with van der Waals surface area (Å²) in [5.41, 5.74) is 7.03. The van der Waals surface area contributed by atoms with Crippen LogP contribution in [0, 0.1) is 12.3 Å². The van der Waals surface area contributed by atoms with Gasteiger partial charge in [0.25, 0.3) is 0 Å². The van der Waals surface area contributed by atoms with E-state index < -0.39 is 5.41 Å². The minimum Gasteiger partial charge on any atom is -0.492 e. The lowest BCUT2D eigenvalue weighted by atomic mass is 9.86. The van der Waals surface area contributed by atoms with Crippen molar-refractivity contribution in [3.8, 4) is 5.75 Å². The number of nitrogens with two attached hydrogens (primary N) is 1. The van der Waals surface area contributed by atoms with Crippen LogP contribution in [0.15, 0.2) is 18.2 Å². The van der Waals surface area contributed by atoms with Crippen LogP contribution in [-0.4, -0.2) is 12.4 Å². The molecule has 0 bridgehead atoms. The van der Waals surface area contributed by atoms with Crippen LogP contribution in [0.3, 0.4) is 0 Å². The molecule has 0 aliphatic carbocycles. The van der Waals surface area contributed by atoms with E-state index >= 15 is 0 Å². The number of carbonyl (C=O) groups is 1. The molecule has 0 saturated carbocycles. The van der Waals surface area contributed by atoms with Crippen molar-refractivity contribution in [3.63, 3.8) is 0 Å². The third-order valence-electron chi connectivity index (χ3n) is 3.43. The van der Waals surface area contributed by atoms with Gasteiger partial charge in [-0.3, -0.25) is 4.79 Å². The van der Waals surface area contributed by atoms with Gasteiger partial charge in [0.2, 0.25) is 0 Å². The molecular formula is C16H25NO2. The maximum atomic E-state index is 12.1. The lowest BCUT2D eigenvalue weighted by Crippen LogP contribution is -2.31. The molecule has 0 aliphatic heterocycles.